The molecule has 1 unspecified atom stereocenters. The van der Waals surface area contributed by atoms with Gasteiger partial charge in [-0.3, -0.25) is 0 Å². The molecule has 5 heteroatoms. The number of rotatable bonds is 8. The van der Waals surface area contributed by atoms with E-state index in [9.17, 15) is 17.6 Å². The van der Waals surface area contributed by atoms with Crippen LogP contribution in [-0.2, 0) is 6.11 Å². The molecule has 4 rings (SSSR count). The average molecular weight is 487 g/mol. The zero-order chi connectivity index (χ0) is 24.8. The van der Waals surface area contributed by atoms with Crippen LogP contribution in [0.3, 0.4) is 0 Å². The number of hydrogen-bond donors (Lipinski definition) is 0. The molecule has 0 radical (unpaired) electrons. The Morgan fingerprint density at radius 3 is 2.26 bits per heavy atom. The van der Waals surface area contributed by atoms with Crippen LogP contribution in [0.15, 0.2) is 66.3 Å². The van der Waals surface area contributed by atoms with E-state index in [4.69, 9.17) is 0 Å². The third-order valence-electron chi connectivity index (χ3n) is 7.64. The fraction of sp³-hybridized carbons (Fsp3) is 0.467. The predicted molar refractivity (Wildman–Crippen MR) is 131 cm³/mol. The van der Waals surface area contributed by atoms with Crippen molar-refractivity contribution in [3.05, 3.63) is 89.0 Å². The van der Waals surface area contributed by atoms with Crippen molar-refractivity contribution in [2.75, 3.05) is 0 Å². The van der Waals surface area contributed by atoms with Crippen LogP contribution in [0, 0.1) is 23.5 Å². The number of benzene rings is 2. The lowest BCUT2D eigenvalue weighted by molar-refractivity contribution is -0.185. The molecule has 1 saturated carbocycles. The highest BCUT2D eigenvalue weighted by Crippen LogP contribution is 2.42. The van der Waals surface area contributed by atoms with Crippen LogP contribution in [0.2, 0.25) is 0 Å². The minimum Gasteiger partial charge on any atom is -0.429 e. The summed E-state index contributed by atoms with van der Waals surface area (Å²) in [5.41, 5.74) is 2.39. The van der Waals surface area contributed by atoms with E-state index in [0.717, 1.165) is 49.3 Å². The van der Waals surface area contributed by atoms with E-state index < -0.39 is 23.5 Å². The van der Waals surface area contributed by atoms with Gasteiger partial charge in [0.05, 0.1) is 5.56 Å². The molecule has 0 aliphatic heterocycles. The summed E-state index contributed by atoms with van der Waals surface area (Å²) in [6.45, 7) is 2.08. The van der Waals surface area contributed by atoms with Gasteiger partial charge in [0.1, 0.15) is 5.75 Å². The molecule has 0 amide bonds. The lowest BCUT2D eigenvalue weighted by atomic mass is 9.72. The number of halogens is 4. The Balaban J connectivity index is 1.30. The molecular weight excluding hydrogens is 452 g/mol. The standard InChI is InChI=1S/C30H34F4O/c1-2-3-4-5-21-6-8-22(9-7-21)23-10-12-24(13-11-23)25-14-16-26(17-15-25)30(33,34)35-27-18-19-28(31)29(32)20-27/h2-3,8,14-21,23-24H,4-7,9-13H2,1H3/b3-2+. The molecule has 2 aromatic rings. The van der Waals surface area contributed by atoms with Crippen LogP contribution in [0.25, 0.3) is 0 Å². The predicted octanol–water partition coefficient (Wildman–Crippen LogP) is 9.45. The summed E-state index contributed by atoms with van der Waals surface area (Å²) in [5, 5.41) is 0. The lowest BCUT2D eigenvalue weighted by Gasteiger charge is -2.33. The molecule has 1 atom stereocenters. The van der Waals surface area contributed by atoms with Crippen molar-refractivity contribution in [2.45, 2.75) is 76.7 Å². The Bertz CT molecular complexity index is 1030. The number of allylic oxidation sites excluding steroid dienone is 4. The van der Waals surface area contributed by atoms with Gasteiger partial charge in [-0.15, -0.1) is 0 Å². The Labute approximate surface area is 205 Å². The molecule has 35 heavy (non-hydrogen) atoms. The number of ether oxygens (including phenoxy) is 1. The molecule has 1 fully saturated rings. The fourth-order valence-electron chi connectivity index (χ4n) is 5.53. The minimum absolute atomic E-state index is 0.309. The van der Waals surface area contributed by atoms with Crippen LogP contribution >= 0.6 is 0 Å². The number of hydrogen-bond acceptors (Lipinski definition) is 1. The Hall–Kier alpha value is -2.56. The second-order valence-corrected chi connectivity index (χ2v) is 9.93. The van der Waals surface area contributed by atoms with Gasteiger partial charge in [-0.05, 0) is 112 Å². The highest BCUT2D eigenvalue weighted by molar-refractivity contribution is 5.30. The van der Waals surface area contributed by atoms with Crippen LogP contribution in [0.4, 0.5) is 17.6 Å². The van der Waals surface area contributed by atoms with Gasteiger partial charge < -0.3 is 4.74 Å². The van der Waals surface area contributed by atoms with Crippen molar-refractivity contribution >= 4 is 0 Å². The van der Waals surface area contributed by atoms with E-state index in [2.05, 4.69) is 29.9 Å². The van der Waals surface area contributed by atoms with Crippen LogP contribution in [0.1, 0.15) is 81.8 Å². The minimum atomic E-state index is -3.64. The molecule has 1 nitrogen and oxygen atoms in total. The number of alkyl halides is 2. The van der Waals surface area contributed by atoms with Gasteiger partial charge in [0.25, 0.3) is 0 Å². The summed E-state index contributed by atoms with van der Waals surface area (Å²) in [6.07, 6.45) is 13.9. The SMILES string of the molecule is C/C=C/CCC1CC=C(C2CCC(c3ccc(C(F)(F)Oc4ccc(F)c(F)c4)cc3)CC2)CC1. The first kappa shape index (κ1) is 25.5. The smallest absolute Gasteiger partial charge is 0.426 e. The molecule has 0 spiro atoms. The van der Waals surface area contributed by atoms with Gasteiger partial charge in [0, 0.05) is 6.07 Å². The highest BCUT2D eigenvalue weighted by atomic mass is 19.3. The molecular formula is C30H34F4O. The van der Waals surface area contributed by atoms with Gasteiger partial charge in [-0.25, -0.2) is 8.78 Å². The molecule has 2 aliphatic rings. The third-order valence-corrected chi connectivity index (χ3v) is 7.64. The molecule has 0 aromatic heterocycles. The van der Waals surface area contributed by atoms with Crippen molar-refractivity contribution in [1.29, 1.82) is 0 Å². The Morgan fingerprint density at radius 1 is 0.914 bits per heavy atom. The molecule has 0 bridgehead atoms. The van der Waals surface area contributed by atoms with Crippen molar-refractivity contribution < 1.29 is 22.3 Å². The largest absolute Gasteiger partial charge is 0.429 e. The van der Waals surface area contributed by atoms with Gasteiger partial charge in [0.2, 0.25) is 0 Å². The lowest BCUT2D eigenvalue weighted by Crippen LogP contribution is -2.22. The first-order valence-corrected chi connectivity index (χ1v) is 12.8. The summed E-state index contributed by atoms with van der Waals surface area (Å²) in [4.78, 5) is 0. The quantitative estimate of drug-likeness (QED) is 0.267. The van der Waals surface area contributed by atoms with E-state index in [-0.39, 0.29) is 5.56 Å². The van der Waals surface area contributed by atoms with Crippen molar-refractivity contribution in [1.82, 2.24) is 0 Å². The van der Waals surface area contributed by atoms with Crippen molar-refractivity contribution in [3.63, 3.8) is 0 Å². The monoisotopic (exact) mass is 486 g/mol. The Morgan fingerprint density at radius 2 is 1.63 bits per heavy atom. The normalized spacial score (nSPS) is 23.3. The topological polar surface area (TPSA) is 9.23 Å². The summed E-state index contributed by atoms with van der Waals surface area (Å²) in [7, 11) is 0. The summed E-state index contributed by atoms with van der Waals surface area (Å²) in [6, 6.07) is 8.63. The van der Waals surface area contributed by atoms with Gasteiger partial charge >= 0.3 is 6.11 Å². The second kappa shape index (κ2) is 11.5. The van der Waals surface area contributed by atoms with Gasteiger partial charge in [-0.2, -0.15) is 8.78 Å². The molecule has 0 saturated heterocycles. The zero-order valence-electron chi connectivity index (χ0n) is 20.3. The third kappa shape index (κ3) is 6.56. The van der Waals surface area contributed by atoms with E-state index in [0.29, 0.717) is 17.9 Å². The van der Waals surface area contributed by atoms with Crippen molar-refractivity contribution in [3.8, 4) is 5.75 Å². The maximum Gasteiger partial charge on any atom is 0.426 e. The van der Waals surface area contributed by atoms with E-state index in [1.54, 1.807) is 17.7 Å². The van der Waals surface area contributed by atoms with E-state index >= 15 is 0 Å². The van der Waals surface area contributed by atoms with Crippen LogP contribution in [0.5, 0.6) is 5.75 Å². The average Bonchev–Trinajstić information content (AvgIpc) is 2.87. The Kier molecular flexibility index (Phi) is 8.35. The maximum absolute atomic E-state index is 14.6. The van der Waals surface area contributed by atoms with Crippen LogP contribution < -0.4 is 4.74 Å². The maximum atomic E-state index is 14.6. The second-order valence-electron chi connectivity index (χ2n) is 9.93. The fourth-order valence-corrected chi connectivity index (χ4v) is 5.53. The summed E-state index contributed by atoms with van der Waals surface area (Å²) >= 11 is 0. The molecule has 2 aliphatic carbocycles. The van der Waals surface area contributed by atoms with E-state index in [1.165, 1.54) is 44.2 Å². The van der Waals surface area contributed by atoms with Gasteiger partial charge in [0.15, 0.2) is 11.6 Å². The zero-order valence-corrected chi connectivity index (χ0v) is 20.3. The molecule has 2 aromatic carbocycles. The molecule has 188 valence electrons. The van der Waals surface area contributed by atoms with Gasteiger partial charge in [-0.1, -0.05) is 35.9 Å². The first-order chi connectivity index (χ1) is 16.9. The van der Waals surface area contributed by atoms with Crippen molar-refractivity contribution in [2.24, 2.45) is 11.8 Å². The molecule has 0 heterocycles. The first-order valence-electron chi connectivity index (χ1n) is 12.8. The van der Waals surface area contributed by atoms with E-state index in [1.807, 2.05) is 0 Å². The summed E-state index contributed by atoms with van der Waals surface area (Å²) in [5.74, 6) is -0.901. The molecule has 0 N–H and O–H groups in total. The summed E-state index contributed by atoms with van der Waals surface area (Å²) < 4.78 is 60.2. The highest BCUT2D eigenvalue weighted by Gasteiger charge is 2.35. The van der Waals surface area contributed by atoms with Crippen LogP contribution in [-0.4, -0.2) is 0 Å².